The van der Waals surface area contributed by atoms with Gasteiger partial charge in [0, 0.05) is 37.2 Å². The third-order valence-corrected chi connectivity index (χ3v) is 5.70. The molecular weight excluding hydrogens is 367 g/mol. The Morgan fingerprint density at radius 1 is 1.25 bits per heavy atom. The van der Waals surface area contributed by atoms with Gasteiger partial charge < -0.3 is 10.2 Å². The maximum Gasteiger partial charge on any atom is 0.416 e. The lowest BCUT2D eigenvalue weighted by molar-refractivity contribution is -0.137. The molecule has 0 unspecified atom stereocenters. The first-order valence-electron chi connectivity index (χ1n) is 9.57. The third kappa shape index (κ3) is 3.70. The van der Waals surface area contributed by atoms with Crippen molar-refractivity contribution < 1.29 is 18.0 Å². The number of benzene rings is 1. The lowest BCUT2D eigenvalue weighted by atomic mass is 9.80. The van der Waals surface area contributed by atoms with Gasteiger partial charge >= 0.3 is 6.18 Å². The van der Waals surface area contributed by atoms with Crippen LogP contribution in [0.3, 0.4) is 0 Å². The monoisotopic (exact) mass is 389 g/mol. The van der Waals surface area contributed by atoms with Crippen molar-refractivity contribution in [3.63, 3.8) is 0 Å². The molecule has 0 aliphatic carbocycles. The van der Waals surface area contributed by atoms with Crippen LogP contribution in [-0.2, 0) is 23.9 Å². The number of piperidine rings is 1. The molecular formula is C21H22F3N3O. The van der Waals surface area contributed by atoms with Crippen LogP contribution in [0.15, 0.2) is 42.7 Å². The standard InChI is InChI=1S/C21H22F3N3O/c22-21(23,24)16-6-7-18-15(10-16)11-17(19-5-1-2-9-27(18)19)20(28)26-13-14-4-3-8-25-12-14/h3-4,6-8,10,12,17,19H,1-2,5,9,11,13H2,(H,26,28)/t17-,19+/m1/s1. The van der Waals surface area contributed by atoms with Crippen LogP contribution in [0.5, 0.6) is 0 Å². The number of fused-ring (bicyclic) bond motifs is 3. The zero-order valence-electron chi connectivity index (χ0n) is 15.4. The number of rotatable bonds is 3. The SMILES string of the molecule is O=C(NCc1cccnc1)[C@@H]1Cc2cc(C(F)(F)F)ccc2N2CCCC[C@@H]12. The number of hydrogen-bond donors (Lipinski definition) is 1. The summed E-state index contributed by atoms with van der Waals surface area (Å²) in [4.78, 5) is 19.1. The highest BCUT2D eigenvalue weighted by Crippen LogP contribution is 2.41. The number of carbonyl (C=O) groups excluding carboxylic acids is 1. The molecule has 1 N–H and O–H groups in total. The number of alkyl halides is 3. The zero-order valence-corrected chi connectivity index (χ0v) is 15.4. The fourth-order valence-electron chi connectivity index (χ4n) is 4.34. The second kappa shape index (κ2) is 7.45. The van der Waals surface area contributed by atoms with E-state index in [0.717, 1.165) is 43.1 Å². The van der Waals surface area contributed by atoms with E-state index in [9.17, 15) is 18.0 Å². The Labute approximate surface area is 161 Å². The van der Waals surface area contributed by atoms with Crippen LogP contribution < -0.4 is 10.2 Å². The minimum Gasteiger partial charge on any atom is -0.368 e. The van der Waals surface area contributed by atoms with Gasteiger partial charge in [-0.15, -0.1) is 0 Å². The Morgan fingerprint density at radius 3 is 2.86 bits per heavy atom. The number of anilines is 1. The van der Waals surface area contributed by atoms with Crippen molar-refractivity contribution in [2.75, 3.05) is 11.4 Å². The van der Waals surface area contributed by atoms with Gasteiger partial charge in [-0.05, 0) is 61.1 Å². The molecule has 2 aromatic rings. The molecule has 3 heterocycles. The summed E-state index contributed by atoms with van der Waals surface area (Å²) in [5.41, 5.74) is 1.69. The van der Waals surface area contributed by atoms with Crippen molar-refractivity contribution in [3.05, 3.63) is 59.4 Å². The molecule has 0 radical (unpaired) electrons. The van der Waals surface area contributed by atoms with Gasteiger partial charge in [0.15, 0.2) is 0 Å². The van der Waals surface area contributed by atoms with Gasteiger partial charge in [-0.2, -0.15) is 13.2 Å². The van der Waals surface area contributed by atoms with Crippen LogP contribution >= 0.6 is 0 Å². The molecule has 2 aliphatic heterocycles. The predicted octanol–water partition coefficient (Wildman–Crippen LogP) is 3.95. The van der Waals surface area contributed by atoms with Crippen molar-refractivity contribution in [1.29, 1.82) is 0 Å². The molecule has 4 rings (SSSR count). The molecule has 2 aliphatic rings. The zero-order chi connectivity index (χ0) is 19.7. The normalized spacial score (nSPS) is 21.6. The third-order valence-electron chi connectivity index (χ3n) is 5.70. The van der Waals surface area contributed by atoms with Gasteiger partial charge in [0.2, 0.25) is 5.91 Å². The van der Waals surface area contributed by atoms with Gasteiger partial charge in [0.25, 0.3) is 0 Å². The van der Waals surface area contributed by atoms with Gasteiger partial charge in [-0.1, -0.05) is 6.07 Å². The Morgan fingerprint density at radius 2 is 2.11 bits per heavy atom. The first kappa shape index (κ1) is 18.8. The molecule has 2 atom stereocenters. The molecule has 1 aromatic carbocycles. The second-order valence-corrected chi connectivity index (χ2v) is 7.49. The summed E-state index contributed by atoms with van der Waals surface area (Å²) < 4.78 is 39.5. The number of pyridine rings is 1. The number of carbonyl (C=O) groups is 1. The summed E-state index contributed by atoms with van der Waals surface area (Å²) in [5, 5.41) is 2.95. The minimum atomic E-state index is -4.38. The summed E-state index contributed by atoms with van der Waals surface area (Å²) in [6.07, 6.45) is 2.21. The molecule has 4 nitrogen and oxygen atoms in total. The Balaban J connectivity index is 1.58. The van der Waals surface area contributed by atoms with Crippen LogP contribution in [0.25, 0.3) is 0 Å². The van der Waals surface area contributed by atoms with E-state index in [4.69, 9.17) is 0 Å². The number of aromatic nitrogens is 1. The van der Waals surface area contributed by atoms with Gasteiger partial charge in [0.05, 0.1) is 11.5 Å². The van der Waals surface area contributed by atoms with E-state index in [-0.39, 0.29) is 17.9 Å². The maximum atomic E-state index is 13.2. The van der Waals surface area contributed by atoms with Crippen LogP contribution in [0.4, 0.5) is 18.9 Å². The molecule has 28 heavy (non-hydrogen) atoms. The highest BCUT2D eigenvalue weighted by atomic mass is 19.4. The summed E-state index contributed by atoms with van der Waals surface area (Å²) in [7, 11) is 0. The fourth-order valence-corrected chi connectivity index (χ4v) is 4.34. The summed E-state index contributed by atoms with van der Waals surface area (Å²) in [6.45, 7) is 1.14. The number of hydrogen-bond acceptors (Lipinski definition) is 3. The van der Waals surface area contributed by atoms with Crippen molar-refractivity contribution in [3.8, 4) is 0 Å². The maximum absolute atomic E-state index is 13.2. The van der Waals surface area contributed by atoms with E-state index in [0.29, 0.717) is 18.5 Å². The van der Waals surface area contributed by atoms with Crippen LogP contribution in [-0.4, -0.2) is 23.5 Å². The number of halogens is 3. The molecule has 0 bridgehead atoms. The molecule has 1 saturated heterocycles. The Bertz CT molecular complexity index is 854. The molecule has 1 amide bonds. The lowest BCUT2D eigenvalue weighted by Crippen LogP contribution is -2.53. The predicted molar refractivity (Wildman–Crippen MR) is 99.7 cm³/mol. The van der Waals surface area contributed by atoms with E-state index in [1.165, 1.54) is 6.07 Å². The lowest BCUT2D eigenvalue weighted by Gasteiger charge is -2.46. The van der Waals surface area contributed by atoms with Crippen molar-refractivity contribution in [2.24, 2.45) is 5.92 Å². The topological polar surface area (TPSA) is 45.2 Å². The minimum absolute atomic E-state index is 0.0342. The van der Waals surface area contributed by atoms with Gasteiger partial charge in [-0.3, -0.25) is 9.78 Å². The highest BCUT2D eigenvalue weighted by Gasteiger charge is 2.40. The average molecular weight is 389 g/mol. The molecule has 1 aromatic heterocycles. The Kier molecular flexibility index (Phi) is 5.00. The first-order chi connectivity index (χ1) is 13.4. The van der Waals surface area contributed by atoms with E-state index in [1.807, 2.05) is 6.07 Å². The second-order valence-electron chi connectivity index (χ2n) is 7.49. The number of amides is 1. The summed E-state index contributed by atoms with van der Waals surface area (Å²) in [6, 6.07) is 7.65. The van der Waals surface area contributed by atoms with Crippen LogP contribution in [0.1, 0.15) is 36.0 Å². The molecule has 7 heteroatoms. The Hall–Kier alpha value is -2.57. The van der Waals surface area contributed by atoms with Crippen molar-refractivity contribution >= 4 is 11.6 Å². The van der Waals surface area contributed by atoms with Crippen LogP contribution in [0.2, 0.25) is 0 Å². The fraction of sp³-hybridized carbons (Fsp3) is 0.429. The van der Waals surface area contributed by atoms with Crippen molar-refractivity contribution in [2.45, 2.75) is 44.4 Å². The van der Waals surface area contributed by atoms with Crippen molar-refractivity contribution in [1.82, 2.24) is 10.3 Å². The van der Waals surface area contributed by atoms with Gasteiger partial charge in [-0.25, -0.2) is 0 Å². The molecule has 0 spiro atoms. The largest absolute Gasteiger partial charge is 0.416 e. The molecule has 1 fully saturated rings. The van der Waals surface area contributed by atoms with E-state index in [2.05, 4.69) is 15.2 Å². The molecule has 0 saturated carbocycles. The molecule has 148 valence electrons. The van der Waals surface area contributed by atoms with E-state index < -0.39 is 11.7 Å². The van der Waals surface area contributed by atoms with E-state index in [1.54, 1.807) is 24.5 Å². The van der Waals surface area contributed by atoms with E-state index >= 15 is 0 Å². The van der Waals surface area contributed by atoms with Crippen LogP contribution in [0, 0.1) is 5.92 Å². The smallest absolute Gasteiger partial charge is 0.368 e. The quantitative estimate of drug-likeness (QED) is 0.865. The number of nitrogens with one attached hydrogen (secondary N) is 1. The average Bonchev–Trinajstić information content (AvgIpc) is 2.71. The summed E-state index contributed by atoms with van der Waals surface area (Å²) in [5.74, 6) is -0.461. The summed E-state index contributed by atoms with van der Waals surface area (Å²) >= 11 is 0. The number of nitrogens with zero attached hydrogens (tertiary/aromatic N) is 2. The van der Waals surface area contributed by atoms with Gasteiger partial charge in [0.1, 0.15) is 0 Å². The first-order valence-corrected chi connectivity index (χ1v) is 9.57. The highest BCUT2D eigenvalue weighted by molar-refractivity contribution is 5.82.